The van der Waals surface area contributed by atoms with Crippen LogP contribution in [-0.2, 0) is 4.79 Å². The van der Waals surface area contributed by atoms with Gasteiger partial charge in [0.15, 0.2) is 0 Å². The third-order valence-electron chi connectivity index (χ3n) is 2.41. The first-order chi connectivity index (χ1) is 8.02. The zero-order chi connectivity index (χ0) is 12.8. The molecule has 0 aliphatic carbocycles. The second-order valence-electron chi connectivity index (χ2n) is 4.04. The monoisotopic (exact) mass is 254 g/mol. The van der Waals surface area contributed by atoms with Crippen molar-refractivity contribution in [2.75, 3.05) is 13.1 Å². The molecule has 0 aromatic carbocycles. The molecule has 0 saturated carbocycles. The minimum absolute atomic E-state index is 0.0328. The van der Waals surface area contributed by atoms with Gasteiger partial charge in [0.1, 0.15) is 0 Å². The van der Waals surface area contributed by atoms with E-state index in [1.54, 1.807) is 17.9 Å². The number of hydrogen-bond donors (Lipinski definition) is 1. The van der Waals surface area contributed by atoms with Crippen molar-refractivity contribution >= 4 is 23.2 Å². The third-order valence-corrected chi connectivity index (χ3v) is 3.28. The highest BCUT2D eigenvalue weighted by Gasteiger charge is 2.12. The molecular weight excluding hydrogens is 236 g/mol. The van der Waals surface area contributed by atoms with E-state index in [4.69, 9.17) is 0 Å². The maximum atomic E-state index is 11.6. The van der Waals surface area contributed by atoms with E-state index in [0.717, 1.165) is 0 Å². The lowest BCUT2D eigenvalue weighted by Gasteiger charge is -2.25. The Morgan fingerprint density at radius 1 is 1.47 bits per heavy atom. The van der Waals surface area contributed by atoms with Crippen LogP contribution in [0.3, 0.4) is 0 Å². The molecule has 5 heteroatoms. The maximum absolute atomic E-state index is 11.6. The molecule has 0 unspecified atom stereocenters. The molecule has 0 radical (unpaired) electrons. The summed E-state index contributed by atoms with van der Waals surface area (Å²) in [4.78, 5) is 25.4. The van der Waals surface area contributed by atoms with Crippen LogP contribution in [0, 0.1) is 0 Å². The summed E-state index contributed by atoms with van der Waals surface area (Å²) in [5.74, 6) is -0.0439. The molecule has 1 N–H and O–H groups in total. The lowest BCUT2D eigenvalue weighted by molar-refractivity contribution is -0.130. The molecule has 0 fully saturated rings. The van der Waals surface area contributed by atoms with Gasteiger partial charge in [0, 0.05) is 26.1 Å². The van der Waals surface area contributed by atoms with Gasteiger partial charge in [0.05, 0.1) is 4.88 Å². The molecule has 0 aliphatic heterocycles. The number of rotatable bonds is 5. The lowest BCUT2D eigenvalue weighted by Crippen LogP contribution is -2.41. The fraction of sp³-hybridized carbons (Fsp3) is 0.500. The summed E-state index contributed by atoms with van der Waals surface area (Å²) in [7, 11) is 0. The molecule has 4 nitrogen and oxygen atoms in total. The molecule has 0 saturated heterocycles. The largest absolute Gasteiger partial charge is 0.350 e. The number of carbonyl (C=O) groups is 2. The smallest absolute Gasteiger partial charge is 0.261 e. The quantitative estimate of drug-likeness (QED) is 0.870. The van der Waals surface area contributed by atoms with E-state index in [1.807, 2.05) is 25.3 Å². The van der Waals surface area contributed by atoms with E-state index >= 15 is 0 Å². The van der Waals surface area contributed by atoms with Crippen LogP contribution in [0.5, 0.6) is 0 Å². The minimum atomic E-state index is -0.0766. The van der Waals surface area contributed by atoms with Crippen LogP contribution in [0.1, 0.15) is 30.4 Å². The van der Waals surface area contributed by atoms with Gasteiger partial charge >= 0.3 is 0 Å². The first-order valence-electron chi connectivity index (χ1n) is 5.61. The third kappa shape index (κ3) is 4.19. The Morgan fingerprint density at radius 2 is 2.18 bits per heavy atom. The Kier molecular flexibility index (Phi) is 5.15. The predicted octanol–water partition coefficient (Wildman–Crippen LogP) is 1.73. The van der Waals surface area contributed by atoms with Crippen LogP contribution in [0.25, 0.3) is 0 Å². The van der Waals surface area contributed by atoms with Gasteiger partial charge in [-0.3, -0.25) is 9.59 Å². The molecule has 17 heavy (non-hydrogen) atoms. The highest BCUT2D eigenvalue weighted by Crippen LogP contribution is 2.07. The second-order valence-corrected chi connectivity index (χ2v) is 4.99. The molecule has 1 rings (SSSR count). The Bertz CT molecular complexity index is 374. The topological polar surface area (TPSA) is 49.4 Å². The number of carbonyl (C=O) groups excluding carboxylic acids is 2. The van der Waals surface area contributed by atoms with Crippen LogP contribution >= 0.6 is 11.3 Å². The summed E-state index contributed by atoms with van der Waals surface area (Å²) in [5, 5.41) is 4.67. The lowest BCUT2D eigenvalue weighted by atomic mass is 10.3. The molecule has 1 aromatic heterocycles. The Labute approximate surface area is 106 Å². The molecule has 0 spiro atoms. The Morgan fingerprint density at radius 3 is 2.65 bits per heavy atom. The van der Waals surface area contributed by atoms with Crippen molar-refractivity contribution in [2.45, 2.75) is 26.8 Å². The second kappa shape index (κ2) is 6.39. The molecule has 0 bridgehead atoms. The summed E-state index contributed by atoms with van der Waals surface area (Å²) in [6.45, 7) is 6.49. The van der Waals surface area contributed by atoms with Crippen molar-refractivity contribution in [2.24, 2.45) is 0 Å². The van der Waals surface area contributed by atoms with Crippen LogP contribution in [0.2, 0.25) is 0 Å². The van der Waals surface area contributed by atoms with Crippen molar-refractivity contribution in [3.8, 4) is 0 Å². The van der Waals surface area contributed by atoms with Gasteiger partial charge in [-0.1, -0.05) is 6.07 Å². The predicted molar refractivity (Wildman–Crippen MR) is 69.2 cm³/mol. The van der Waals surface area contributed by atoms with Crippen LogP contribution < -0.4 is 5.32 Å². The van der Waals surface area contributed by atoms with Gasteiger partial charge in [-0.05, 0) is 25.3 Å². The SMILES string of the molecule is CC(=O)N(CCNC(=O)c1cccs1)C(C)C. The van der Waals surface area contributed by atoms with E-state index < -0.39 is 0 Å². The Balaban J connectivity index is 2.37. The number of hydrogen-bond acceptors (Lipinski definition) is 3. The van der Waals surface area contributed by atoms with E-state index in [-0.39, 0.29) is 17.9 Å². The van der Waals surface area contributed by atoms with Gasteiger partial charge < -0.3 is 10.2 Å². The van der Waals surface area contributed by atoms with E-state index in [9.17, 15) is 9.59 Å². The average Bonchev–Trinajstić information content (AvgIpc) is 2.76. The summed E-state index contributed by atoms with van der Waals surface area (Å²) in [5.41, 5.74) is 0. The van der Waals surface area contributed by atoms with E-state index in [1.165, 1.54) is 11.3 Å². The standard InChI is InChI=1S/C12H18N2O2S/c1-9(2)14(10(3)15)7-6-13-12(16)11-5-4-8-17-11/h4-5,8-9H,6-7H2,1-3H3,(H,13,16). The molecule has 0 aliphatic rings. The van der Waals surface area contributed by atoms with Crippen LogP contribution in [-0.4, -0.2) is 35.8 Å². The van der Waals surface area contributed by atoms with Crippen molar-refractivity contribution < 1.29 is 9.59 Å². The van der Waals surface area contributed by atoms with Gasteiger partial charge in [0.2, 0.25) is 5.91 Å². The summed E-state index contributed by atoms with van der Waals surface area (Å²) < 4.78 is 0. The van der Waals surface area contributed by atoms with Gasteiger partial charge in [-0.2, -0.15) is 0 Å². The van der Waals surface area contributed by atoms with Crippen molar-refractivity contribution in [1.82, 2.24) is 10.2 Å². The minimum Gasteiger partial charge on any atom is -0.350 e. The van der Waals surface area contributed by atoms with Gasteiger partial charge in [0.25, 0.3) is 5.91 Å². The van der Waals surface area contributed by atoms with Crippen molar-refractivity contribution in [3.05, 3.63) is 22.4 Å². The molecule has 0 atom stereocenters. The van der Waals surface area contributed by atoms with Crippen molar-refractivity contribution in [3.63, 3.8) is 0 Å². The maximum Gasteiger partial charge on any atom is 0.261 e. The fourth-order valence-electron chi connectivity index (χ4n) is 1.56. The number of amides is 2. The normalized spacial score (nSPS) is 10.4. The molecule has 2 amide bonds. The summed E-state index contributed by atoms with van der Waals surface area (Å²) in [6, 6.07) is 3.78. The Hall–Kier alpha value is -1.36. The first kappa shape index (κ1) is 13.7. The van der Waals surface area contributed by atoms with Crippen LogP contribution in [0.4, 0.5) is 0 Å². The van der Waals surface area contributed by atoms with Crippen LogP contribution in [0.15, 0.2) is 17.5 Å². The zero-order valence-electron chi connectivity index (χ0n) is 10.4. The molecule has 1 aromatic rings. The number of thiophene rings is 1. The van der Waals surface area contributed by atoms with Gasteiger partial charge in [-0.25, -0.2) is 0 Å². The number of nitrogens with zero attached hydrogens (tertiary/aromatic N) is 1. The zero-order valence-corrected chi connectivity index (χ0v) is 11.2. The molecule has 94 valence electrons. The fourth-order valence-corrected chi connectivity index (χ4v) is 2.20. The molecule has 1 heterocycles. The highest BCUT2D eigenvalue weighted by atomic mass is 32.1. The van der Waals surface area contributed by atoms with E-state index in [2.05, 4.69) is 5.32 Å². The highest BCUT2D eigenvalue weighted by molar-refractivity contribution is 7.12. The average molecular weight is 254 g/mol. The summed E-state index contributed by atoms with van der Waals surface area (Å²) in [6.07, 6.45) is 0. The van der Waals surface area contributed by atoms with Gasteiger partial charge in [-0.15, -0.1) is 11.3 Å². The van der Waals surface area contributed by atoms with Crippen molar-refractivity contribution in [1.29, 1.82) is 0 Å². The first-order valence-corrected chi connectivity index (χ1v) is 6.49. The van der Waals surface area contributed by atoms with E-state index in [0.29, 0.717) is 18.0 Å². The molecular formula is C12H18N2O2S. The summed E-state index contributed by atoms with van der Waals surface area (Å²) >= 11 is 1.41. The number of nitrogens with one attached hydrogen (secondary N) is 1.